The molecule has 0 aliphatic heterocycles. The van der Waals surface area contributed by atoms with Crippen LogP contribution in [0.15, 0.2) is 59.5 Å². The molecule has 4 nitrogen and oxygen atoms in total. The standard InChI is InChI=1S/C15H16N2O2/c1-2-17(13-8-4-3-5-9-13)15(19)12-16-11-7-6-10-14(16)18/h3-11H,2,12H2,1H3. The van der Waals surface area contributed by atoms with Crippen molar-refractivity contribution in [3.05, 3.63) is 65.1 Å². The number of amides is 1. The fourth-order valence-electron chi connectivity index (χ4n) is 1.93. The topological polar surface area (TPSA) is 42.3 Å². The number of rotatable bonds is 4. The molecule has 0 saturated heterocycles. The molecule has 0 radical (unpaired) electrons. The second-order valence-electron chi connectivity index (χ2n) is 4.14. The number of hydrogen-bond donors (Lipinski definition) is 0. The van der Waals surface area contributed by atoms with Crippen LogP contribution in [0, 0.1) is 0 Å². The SMILES string of the molecule is CCN(C(=O)Cn1ccccc1=O)c1ccccc1. The number of nitrogens with zero attached hydrogens (tertiary/aromatic N) is 2. The van der Waals surface area contributed by atoms with Gasteiger partial charge in [-0.25, -0.2) is 0 Å². The number of carbonyl (C=O) groups is 1. The van der Waals surface area contributed by atoms with Crippen molar-refractivity contribution >= 4 is 11.6 Å². The first-order valence-corrected chi connectivity index (χ1v) is 6.23. The predicted molar refractivity (Wildman–Crippen MR) is 75.2 cm³/mol. The van der Waals surface area contributed by atoms with Gasteiger partial charge in [-0.3, -0.25) is 9.59 Å². The summed E-state index contributed by atoms with van der Waals surface area (Å²) >= 11 is 0. The first kappa shape index (κ1) is 13.1. The van der Waals surface area contributed by atoms with Gasteiger partial charge in [0.05, 0.1) is 0 Å². The van der Waals surface area contributed by atoms with Crippen molar-refractivity contribution in [1.29, 1.82) is 0 Å². The third kappa shape index (κ3) is 3.10. The quantitative estimate of drug-likeness (QED) is 0.838. The molecule has 0 saturated carbocycles. The van der Waals surface area contributed by atoms with Crippen LogP contribution in [-0.2, 0) is 11.3 Å². The van der Waals surface area contributed by atoms with Crippen LogP contribution >= 0.6 is 0 Å². The predicted octanol–water partition coefficient (Wildman–Crippen LogP) is 1.90. The van der Waals surface area contributed by atoms with Crippen molar-refractivity contribution in [1.82, 2.24) is 4.57 Å². The molecule has 98 valence electrons. The number of carbonyl (C=O) groups excluding carboxylic acids is 1. The number of hydrogen-bond acceptors (Lipinski definition) is 2. The highest BCUT2D eigenvalue weighted by atomic mass is 16.2. The summed E-state index contributed by atoms with van der Waals surface area (Å²) in [5, 5.41) is 0. The van der Waals surface area contributed by atoms with Crippen LogP contribution in [0.2, 0.25) is 0 Å². The molecule has 19 heavy (non-hydrogen) atoms. The summed E-state index contributed by atoms with van der Waals surface area (Å²) in [6, 6.07) is 14.3. The minimum absolute atomic E-state index is 0.0579. The summed E-state index contributed by atoms with van der Waals surface area (Å²) < 4.78 is 1.41. The lowest BCUT2D eigenvalue weighted by atomic mass is 10.3. The molecule has 2 rings (SSSR count). The number of likely N-dealkylation sites (N-methyl/N-ethyl adjacent to an activating group) is 1. The second-order valence-corrected chi connectivity index (χ2v) is 4.14. The Hall–Kier alpha value is -2.36. The summed E-state index contributed by atoms with van der Waals surface area (Å²) in [6.07, 6.45) is 1.62. The van der Waals surface area contributed by atoms with Crippen LogP contribution in [0.5, 0.6) is 0 Å². The zero-order valence-corrected chi connectivity index (χ0v) is 10.8. The van der Waals surface area contributed by atoms with E-state index in [4.69, 9.17) is 0 Å². The molecule has 0 bridgehead atoms. The van der Waals surface area contributed by atoms with Gasteiger partial charge >= 0.3 is 0 Å². The molecular formula is C15H16N2O2. The van der Waals surface area contributed by atoms with Crippen molar-refractivity contribution in [3.63, 3.8) is 0 Å². The van der Waals surface area contributed by atoms with Gasteiger partial charge in [-0.05, 0) is 25.1 Å². The molecular weight excluding hydrogens is 240 g/mol. The summed E-state index contributed by atoms with van der Waals surface area (Å²) in [7, 11) is 0. The van der Waals surface area contributed by atoms with Gasteiger partial charge in [-0.2, -0.15) is 0 Å². The molecule has 0 N–H and O–H groups in total. The Morgan fingerprint density at radius 2 is 1.79 bits per heavy atom. The average molecular weight is 256 g/mol. The molecule has 0 aliphatic carbocycles. The number of anilines is 1. The van der Waals surface area contributed by atoms with Crippen LogP contribution in [0.25, 0.3) is 0 Å². The van der Waals surface area contributed by atoms with Crippen LogP contribution < -0.4 is 10.5 Å². The van der Waals surface area contributed by atoms with Crippen molar-refractivity contribution in [3.8, 4) is 0 Å². The Balaban J connectivity index is 2.19. The molecule has 1 heterocycles. The maximum atomic E-state index is 12.3. The molecule has 4 heteroatoms. The summed E-state index contributed by atoms with van der Waals surface area (Å²) in [5.74, 6) is -0.0954. The molecule has 0 unspecified atom stereocenters. The molecule has 2 aromatic rings. The summed E-state index contributed by atoms with van der Waals surface area (Å²) in [6.45, 7) is 2.55. The first-order valence-electron chi connectivity index (χ1n) is 6.23. The molecule has 0 spiro atoms. The fraction of sp³-hybridized carbons (Fsp3) is 0.200. The highest BCUT2D eigenvalue weighted by Crippen LogP contribution is 2.13. The lowest BCUT2D eigenvalue weighted by Crippen LogP contribution is -2.36. The third-order valence-corrected chi connectivity index (χ3v) is 2.89. The molecule has 0 aliphatic rings. The van der Waals surface area contributed by atoms with Gasteiger partial charge in [-0.15, -0.1) is 0 Å². The Kier molecular flexibility index (Phi) is 4.13. The fourth-order valence-corrected chi connectivity index (χ4v) is 1.93. The van der Waals surface area contributed by atoms with Crippen molar-refractivity contribution in [2.45, 2.75) is 13.5 Å². The van der Waals surface area contributed by atoms with Gasteiger partial charge in [0.1, 0.15) is 6.54 Å². The second kappa shape index (κ2) is 6.00. The van der Waals surface area contributed by atoms with Crippen LogP contribution in [0.4, 0.5) is 5.69 Å². The molecule has 1 aromatic heterocycles. The zero-order valence-electron chi connectivity index (χ0n) is 10.8. The van der Waals surface area contributed by atoms with E-state index in [-0.39, 0.29) is 18.0 Å². The van der Waals surface area contributed by atoms with Crippen molar-refractivity contribution in [2.24, 2.45) is 0 Å². The minimum atomic E-state index is -0.167. The van der Waals surface area contributed by atoms with Crippen molar-refractivity contribution in [2.75, 3.05) is 11.4 Å². The van der Waals surface area contributed by atoms with E-state index in [0.29, 0.717) is 6.54 Å². The van der Waals surface area contributed by atoms with Gasteiger partial charge in [-0.1, -0.05) is 24.3 Å². The van der Waals surface area contributed by atoms with Gasteiger partial charge < -0.3 is 9.47 Å². The van der Waals surface area contributed by atoms with Crippen LogP contribution in [-0.4, -0.2) is 17.0 Å². The highest BCUT2D eigenvalue weighted by molar-refractivity contribution is 5.93. The monoisotopic (exact) mass is 256 g/mol. The number of aromatic nitrogens is 1. The van der Waals surface area contributed by atoms with E-state index in [9.17, 15) is 9.59 Å². The minimum Gasteiger partial charge on any atom is -0.311 e. The van der Waals surface area contributed by atoms with E-state index in [1.54, 1.807) is 23.2 Å². The van der Waals surface area contributed by atoms with E-state index < -0.39 is 0 Å². The molecule has 0 atom stereocenters. The molecule has 1 aromatic carbocycles. The molecule has 0 fully saturated rings. The van der Waals surface area contributed by atoms with Gasteiger partial charge in [0, 0.05) is 24.5 Å². The lowest BCUT2D eigenvalue weighted by molar-refractivity contribution is -0.119. The van der Waals surface area contributed by atoms with Gasteiger partial charge in [0.2, 0.25) is 5.91 Å². The largest absolute Gasteiger partial charge is 0.311 e. The summed E-state index contributed by atoms with van der Waals surface area (Å²) in [4.78, 5) is 25.5. The number of para-hydroxylation sites is 1. The smallest absolute Gasteiger partial charge is 0.250 e. The number of benzene rings is 1. The maximum Gasteiger partial charge on any atom is 0.250 e. The van der Waals surface area contributed by atoms with E-state index >= 15 is 0 Å². The first-order chi connectivity index (χ1) is 9.22. The Morgan fingerprint density at radius 3 is 2.42 bits per heavy atom. The molecule has 1 amide bonds. The van der Waals surface area contributed by atoms with E-state index in [0.717, 1.165) is 5.69 Å². The highest BCUT2D eigenvalue weighted by Gasteiger charge is 2.14. The maximum absolute atomic E-state index is 12.3. The van der Waals surface area contributed by atoms with E-state index in [2.05, 4.69) is 0 Å². The zero-order chi connectivity index (χ0) is 13.7. The summed E-state index contributed by atoms with van der Waals surface area (Å²) in [5.41, 5.74) is 0.680. The average Bonchev–Trinajstić information content (AvgIpc) is 2.43. The Morgan fingerprint density at radius 1 is 1.11 bits per heavy atom. The Bertz CT molecular complexity index is 605. The van der Waals surface area contributed by atoms with Gasteiger partial charge in [0.25, 0.3) is 5.56 Å². The van der Waals surface area contributed by atoms with E-state index in [1.807, 2.05) is 37.3 Å². The van der Waals surface area contributed by atoms with E-state index in [1.165, 1.54) is 10.6 Å². The van der Waals surface area contributed by atoms with Crippen LogP contribution in [0.1, 0.15) is 6.92 Å². The van der Waals surface area contributed by atoms with Crippen LogP contribution in [0.3, 0.4) is 0 Å². The lowest BCUT2D eigenvalue weighted by Gasteiger charge is -2.21. The van der Waals surface area contributed by atoms with Crippen molar-refractivity contribution < 1.29 is 4.79 Å². The normalized spacial score (nSPS) is 10.2. The Labute approximate surface area is 111 Å². The number of pyridine rings is 1. The third-order valence-electron chi connectivity index (χ3n) is 2.89. The van der Waals surface area contributed by atoms with Gasteiger partial charge in [0.15, 0.2) is 0 Å².